The Hall–Kier alpha value is -0.310. The fourth-order valence-corrected chi connectivity index (χ4v) is 1.65. The molecule has 1 N–H and O–H groups in total. The highest BCUT2D eigenvalue weighted by molar-refractivity contribution is 9.10. The zero-order chi connectivity index (χ0) is 9.14. The van der Waals surface area contributed by atoms with Crippen LogP contribution in [-0.4, -0.2) is 4.89 Å². The van der Waals surface area contributed by atoms with Crippen LogP contribution in [-0.2, 0) is 4.57 Å². The van der Waals surface area contributed by atoms with E-state index in [0.29, 0.717) is 5.75 Å². The largest absolute Gasteiger partial charge is 0.425 e. The van der Waals surface area contributed by atoms with Gasteiger partial charge in [0.2, 0.25) is 0 Å². The fraction of sp³-hybridized carbons (Fsp3) is 0.143. The molecule has 0 bridgehead atoms. The molecule has 0 spiro atoms. The molecule has 1 aromatic rings. The third-order valence-corrected chi connectivity index (χ3v) is 2.76. The third-order valence-electron chi connectivity index (χ3n) is 1.35. The van der Waals surface area contributed by atoms with Crippen molar-refractivity contribution in [1.82, 2.24) is 0 Å². The zero-order valence-corrected chi connectivity index (χ0v) is 8.96. The summed E-state index contributed by atoms with van der Waals surface area (Å²) in [6.45, 7) is 1.88. The molecular weight excluding hydrogens is 243 g/mol. The van der Waals surface area contributed by atoms with Crippen molar-refractivity contribution in [2.45, 2.75) is 6.92 Å². The number of benzene rings is 1. The Morgan fingerprint density at radius 2 is 2.25 bits per heavy atom. The minimum atomic E-state index is -2.91. The summed E-state index contributed by atoms with van der Waals surface area (Å²) in [4.78, 5) is 8.52. The van der Waals surface area contributed by atoms with Crippen LogP contribution in [0.1, 0.15) is 5.56 Å². The Bertz CT molecular complexity index is 314. The number of halogens is 1. The first-order valence-electron chi connectivity index (χ1n) is 3.27. The molecular formula is C7H8BrO3P. The fourth-order valence-electron chi connectivity index (χ4n) is 0.793. The van der Waals surface area contributed by atoms with Gasteiger partial charge in [-0.2, -0.15) is 0 Å². The van der Waals surface area contributed by atoms with Crippen LogP contribution in [0.4, 0.5) is 0 Å². The van der Waals surface area contributed by atoms with Crippen molar-refractivity contribution in [3.8, 4) is 5.75 Å². The molecule has 0 heterocycles. The van der Waals surface area contributed by atoms with Crippen molar-refractivity contribution in [2.24, 2.45) is 0 Å². The highest BCUT2D eigenvalue weighted by Gasteiger charge is 2.04. The van der Waals surface area contributed by atoms with E-state index < -0.39 is 8.25 Å². The lowest BCUT2D eigenvalue weighted by Crippen LogP contribution is -1.83. The summed E-state index contributed by atoms with van der Waals surface area (Å²) in [7, 11) is -2.91. The number of aryl methyl sites for hydroxylation is 1. The number of hydrogen-bond acceptors (Lipinski definition) is 2. The minimum Gasteiger partial charge on any atom is -0.425 e. The molecule has 12 heavy (non-hydrogen) atoms. The molecule has 0 amide bonds. The van der Waals surface area contributed by atoms with Gasteiger partial charge in [-0.05, 0) is 34.5 Å². The Morgan fingerprint density at radius 1 is 1.58 bits per heavy atom. The monoisotopic (exact) mass is 250 g/mol. The Morgan fingerprint density at radius 3 is 2.83 bits per heavy atom. The maximum absolute atomic E-state index is 10.4. The van der Waals surface area contributed by atoms with Gasteiger partial charge < -0.3 is 9.42 Å². The van der Waals surface area contributed by atoms with Crippen LogP contribution in [0, 0.1) is 6.92 Å². The van der Waals surface area contributed by atoms with E-state index in [0.717, 1.165) is 10.0 Å². The van der Waals surface area contributed by atoms with E-state index >= 15 is 0 Å². The van der Waals surface area contributed by atoms with Gasteiger partial charge in [-0.25, -0.2) is 4.57 Å². The SMILES string of the molecule is Cc1cccc(O[PH](=O)O)c1Br. The summed E-state index contributed by atoms with van der Waals surface area (Å²) in [5.74, 6) is 0.404. The lowest BCUT2D eigenvalue weighted by atomic mass is 10.2. The average molecular weight is 251 g/mol. The van der Waals surface area contributed by atoms with Gasteiger partial charge in [0.1, 0.15) is 5.75 Å². The average Bonchev–Trinajstić information content (AvgIpc) is 1.98. The third kappa shape index (κ3) is 2.34. The molecule has 1 unspecified atom stereocenters. The van der Waals surface area contributed by atoms with Crippen LogP contribution >= 0.6 is 24.2 Å². The molecule has 0 aliphatic rings. The molecule has 3 nitrogen and oxygen atoms in total. The van der Waals surface area contributed by atoms with E-state index in [9.17, 15) is 4.57 Å². The molecule has 0 saturated heterocycles. The van der Waals surface area contributed by atoms with Gasteiger partial charge in [0.05, 0.1) is 4.47 Å². The highest BCUT2D eigenvalue weighted by Crippen LogP contribution is 2.32. The topological polar surface area (TPSA) is 46.5 Å². The molecule has 1 aromatic carbocycles. The molecule has 0 fully saturated rings. The van der Waals surface area contributed by atoms with Gasteiger partial charge >= 0.3 is 8.25 Å². The van der Waals surface area contributed by atoms with Crippen molar-refractivity contribution in [3.05, 3.63) is 28.2 Å². The van der Waals surface area contributed by atoms with Crippen LogP contribution in [0.25, 0.3) is 0 Å². The predicted molar refractivity (Wildman–Crippen MR) is 50.7 cm³/mol. The summed E-state index contributed by atoms with van der Waals surface area (Å²) < 4.78 is 15.8. The van der Waals surface area contributed by atoms with Gasteiger partial charge in [-0.1, -0.05) is 12.1 Å². The second kappa shape index (κ2) is 4.08. The molecule has 0 aliphatic heterocycles. The van der Waals surface area contributed by atoms with Gasteiger partial charge in [0.25, 0.3) is 0 Å². The van der Waals surface area contributed by atoms with Crippen molar-refractivity contribution >= 4 is 24.2 Å². The predicted octanol–water partition coefficient (Wildman–Crippen LogP) is 2.52. The van der Waals surface area contributed by atoms with Gasteiger partial charge in [-0.15, -0.1) is 0 Å². The molecule has 1 rings (SSSR count). The first kappa shape index (κ1) is 9.78. The molecule has 66 valence electrons. The van der Waals surface area contributed by atoms with Crippen LogP contribution in [0.5, 0.6) is 5.75 Å². The van der Waals surface area contributed by atoms with Crippen molar-refractivity contribution < 1.29 is 14.0 Å². The quantitative estimate of drug-likeness (QED) is 0.821. The van der Waals surface area contributed by atoms with Gasteiger partial charge in [0, 0.05) is 0 Å². The molecule has 0 aliphatic carbocycles. The second-order valence-corrected chi connectivity index (χ2v) is 3.78. The summed E-state index contributed by atoms with van der Waals surface area (Å²) in [6.07, 6.45) is 0. The van der Waals surface area contributed by atoms with Crippen LogP contribution < -0.4 is 4.52 Å². The van der Waals surface area contributed by atoms with E-state index in [1.165, 1.54) is 0 Å². The molecule has 5 heteroatoms. The maximum atomic E-state index is 10.4. The summed E-state index contributed by atoms with van der Waals surface area (Å²) in [6, 6.07) is 5.28. The standard InChI is InChI=1S/C7H8BrO3P/c1-5-3-2-4-6(7(5)8)11-12(9)10/h2-4,12H,1H3,(H,9,10). The van der Waals surface area contributed by atoms with E-state index in [1.807, 2.05) is 13.0 Å². The molecule has 0 saturated carbocycles. The lowest BCUT2D eigenvalue weighted by molar-refractivity contribution is 0.409. The summed E-state index contributed by atoms with van der Waals surface area (Å²) in [5, 5.41) is 0. The zero-order valence-electron chi connectivity index (χ0n) is 6.37. The van der Waals surface area contributed by atoms with Crippen molar-refractivity contribution in [2.75, 3.05) is 0 Å². The lowest BCUT2D eigenvalue weighted by Gasteiger charge is -2.05. The first-order chi connectivity index (χ1) is 5.61. The Labute approximate surface area is 79.4 Å². The van der Waals surface area contributed by atoms with E-state index in [4.69, 9.17) is 4.89 Å². The molecule has 0 aromatic heterocycles. The Kier molecular flexibility index (Phi) is 3.32. The normalized spacial score (nSPS) is 12.6. The van der Waals surface area contributed by atoms with E-state index in [2.05, 4.69) is 20.5 Å². The summed E-state index contributed by atoms with van der Waals surface area (Å²) in [5.41, 5.74) is 0.968. The first-order valence-corrected chi connectivity index (χ1v) is 5.33. The van der Waals surface area contributed by atoms with Gasteiger partial charge in [-0.3, -0.25) is 0 Å². The van der Waals surface area contributed by atoms with E-state index in [-0.39, 0.29) is 0 Å². The number of hydrogen-bond donors (Lipinski definition) is 1. The minimum absolute atomic E-state index is 0.404. The molecule has 1 atom stereocenters. The van der Waals surface area contributed by atoms with Crippen molar-refractivity contribution in [3.63, 3.8) is 0 Å². The van der Waals surface area contributed by atoms with Crippen LogP contribution in [0.15, 0.2) is 22.7 Å². The highest BCUT2D eigenvalue weighted by atomic mass is 79.9. The van der Waals surface area contributed by atoms with Crippen LogP contribution in [0.3, 0.4) is 0 Å². The number of rotatable bonds is 2. The van der Waals surface area contributed by atoms with Crippen LogP contribution in [0.2, 0.25) is 0 Å². The molecule has 0 radical (unpaired) electrons. The summed E-state index contributed by atoms with van der Waals surface area (Å²) >= 11 is 3.25. The van der Waals surface area contributed by atoms with Crippen molar-refractivity contribution in [1.29, 1.82) is 0 Å². The van der Waals surface area contributed by atoms with Gasteiger partial charge in [0.15, 0.2) is 0 Å². The smallest absolute Gasteiger partial charge is 0.365 e. The van der Waals surface area contributed by atoms with E-state index in [1.54, 1.807) is 12.1 Å². The Balaban J connectivity index is 3.00. The maximum Gasteiger partial charge on any atom is 0.365 e. The second-order valence-electron chi connectivity index (χ2n) is 2.25.